The first-order valence-corrected chi connectivity index (χ1v) is 9.19. The number of carbonyl (C=O) groups excluding carboxylic acids is 2. The summed E-state index contributed by atoms with van der Waals surface area (Å²) in [5.41, 5.74) is 6.55. The summed E-state index contributed by atoms with van der Waals surface area (Å²) in [7, 11) is 0. The SMILES string of the molecule is CC1Sc2ccc(C(=O)NNc3c(Cl)cc(Cl)cc3Cl)cc2NC1=O. The second-order valence-electron chi connectivity index (χ2n) is 5.28. The van der Waals surface area contributed by atoms with Crippen molar-refractivity contribution in [3.8, 4) is 0 Å². The van der Waals surface area contributed by atoms with Crippen LogP contribution < -0.4 is 16.2 Å². The zero-order valence-corrected chi connectivity index (χ0v) is 15.9. The number of nitrogens with one attached hydrogen (secondary N) is 3. The predicted octanol–water partition coefficient (Wildman–Crippen LogP) is 4.84. The molecule has 0 spiro atoms. The molecule has 2 amide bonds. The average Bonchev–Trinajstić information content (AvgIpc) is 2.54. The summed E-state index contributed by atoms with van der Waals surface area (Å²) >= 11 is 19.4. The lowest BCUT2D eigenvalue weighted by molar-refractivity contribution is -0.115. The van der Waals surface area contributed by atoms with Gasteiger partial charge >= 0.3 is 0 Å². The van der Waals surface area contributed by atoms with Crippen LogP contribution in [0, 0.1) is 0 Å². The molecule has 1 aliphatic heterocycles. The van der Waals surface area contributed by atoms with Crippen molar-refractivity contribution >= 4 is 69.8 Å². The van der Waals surface area contributed by atoms with Crippen molar-refractivity contribution in [1.29, 1.82) is 0 Å². The van der Waals surface area contributed by atoms with Crippen molar-refractivity contribution < 1.29 is 9.59 Å². The first-order valence-electron chi connectivity index (χ1n) is 7.17. The third kappa shape index (κ3) is 3.98. The van der Waals surface area contributed by atoms with Gasteiger partial charge in [-0.15, -0.1) is 11.8 Å². The molecule has 1 unspecified atom stereocenters. The van der Waals surface area contributed by atoms with Gasteiger partial charge in [0.2, 0.25) is 5.91 Å². The minimum absolute atomic E-state index is 0.0899. The lowest BCUT2D eigenvalue weighted by Crippen LogP contribution is -2.30. The number of hydrogen-bond donors (Lipinski definition) is 3. The smallest absolute Gasteiger partial charge is 0.269 e. The lowest BCUT2D eigenvalue weighted by Gasteiger charge is -2.21. The lowest BCUT2D eigenvalue weighted by atomic mass is 10.2. The number of amides is 2. The molecule has 25 heavy (non-hydrogen) atoms. The molecule has 1 atom stereocenters. The van der Waals surface area contributed by atoms with Crippen molar-refractivity contribution in [1.82, 2.24) is 5.43 Å². The van der Waals surface area contributed by atoms with E-state index in [-0.39, 0.29) is 21.2 Å². The Balaban J connectivity index is 1.75. The van der Waals surface area contributed by atoms with Gasteiger partial charge in [-0.25, -0.2) is 0 Å². The molecule has 5 nitrogen and oxygen atoms in total. The number of fused-ring (bicyclic) bond motifs is 1. The molecule has 0 aliphatic carbocycles. The van der Waals surface area contributed by atoms with E-state index in [4.69, 9.17) is 34.8 Å². The molecule has 0 radical (unpaired) electrons. The molecule has 0 fully saturated rings. The maximum absolute atomic E-state index is 12.3. The summed E-state index contributed by atoms with van der Waals surface area (Å²) in [6.07, 6.45) is 0. The van der Waals surface area contributed by atoms with Crippen LogP contribution in [0.5, 0.6) is 0 Å². The summed E-state index contributed by atoms with van der Waals surface area (Å²) in [4.78, 5) is 25.0. The monoisotopic (exact) mass is 415 g/mol. The van der Waals surface area contributed by atoms with Gasteiger partial charge < -0.3 is 5.32 Å². The van der Waals surface area contributed by atoms with E-state index in [2.05, 4.69) is 16.2 Å². The molecule has 3 rings (SSSR count). The van der Waals surface area contributed by atoms with Crippen LogP contribution in [0.1, 0.15) is 17.3 Å². The topological polar surface area (TPSA) is 70.2 Å². The number of carbonyl (C=O) groups is 2. The van der Waals surface area contributed by atoms with Crippen molar-refractivity contribution in [2.45, 2.75) is 17.1 Å². The summed E-state index contributed by atoms with van der Waals surface area (Å²) in [6.45, 7) is 1.83. The second-order valence-corrected chi connectivity index (χ2v) is 7.92. The highest BCUT2D eigenvalue weighted by atomic mass is 35.5. The third-order valence-electron chi connectivity index (χ3n) is 3.48. The van der Waals surface area contributed by atoms with Crippen LogP contribution in [0.4, 0.5) is 11.4 Å². The highest BCUT2D eigenvalue weighted by Gasteiger charge is 2.23. The van der Waals surface area contributed by atoms with Gasteiger partial charge in [0.25, 0.3) is 5.91 Å². The van der Waals surface area contributed by atoms with E-state index < -0.39 is 5.91 Å². The molecule has 2 aromatic carbocycles. The number of thioether (sulfide) groups is 1. The van der Waals surface area contributed by atoms with Gasteiger partial charge in [0, 0.05) is 15.5 Å². The fourth-order valence-corrected chi connectivity index (χ4v) is 4.04. The van der Waals surface area contributed by atoms with Crippen LogP contribution in [-0.2, 0) is 4.79 Å². The molecule has 3 N–H and O–H groups in total. The van der Waals surface area contributed by atoms with Crippen LogP contribution in [0.25, 0.3) is 0 Å². The largest absolute Gasteiger partial charge is 0.324 e. The Morgan fingerprint density at radius 1 is 1.16 bits per heavy atom. The molecule has 1 heterocycles. The van der Waals surface area contributed by atoms with Crippen molar-refractivity contribution in [3.63, 3.8) is 0 Å². The van der Waals surface area contributed by atoms with Gasteiger partial charge in [-0.1, -0.05) is 34.8 Å². The molecule has 0 saturated heterocycles. The zero-order chi connectivity index (χ0) is 18.1. The zero-order valence-electron chi connectivity index (χ0n) is 12.8. The molecule has 2 aromatic rings. The minimum atomic E-state index is -0.400. The number of hydrogen-bond acceptors (Lipinski definition) is 4. The van der Waals surface area contributed by atoms with Crippen molar-refractivity contribution in [2.75, 3.05) is 10.7 Å². The van der Waals surface area contributed by atoms with E-state index in [1.54, 1.807) is 18.2 Å². The fourth-order valence-electron chi connectivity index (χ4n) is 2.20. The van der Waals surface area contributed by atoms with Gasteiger partial charge in [-0.3, -0.25) is 20.4 Å². The molecular weight excluding hydrogens is 405 g/mol. The van der Waals surface area contributed by atoms with Gasteiger partial charge in [-0.05, 0) is 37.3 Å². The van der Waals surface area contributed by atoms with Gasteiger partial charge in [0.1, 0.15) is 0 Å². The molecule has 0 aromatic heterocycles. The molecule has 130 valence electrons. The fraction of sp³-hybridized carbons (Fsp3) is 0.125. The maximum atomic E-state index is 12.3. The Morgan fingerprint density at radius 3 is 2.52 bits per heavy atom. The Morgan fingerprint density at radius 2 is 1.84 bits per heavy atom. The van der Waals surface area contributed by atoms with Gasteiger partial charge in [0.15, 0.2) is 0 Å². The van der Waals surface area contributed by atoms with Crippen LogP contribution in [0.2, 0.25) is 15.1 Å². The van der Waals surface area contributed by atoms with E-state index in [1.807, 2.05) is 6.92 Å². The van der Waals surface area contributed by atoms with E-state index >= 15 is 0 Å². The van der Waals surface area contributed by atoms with Crippen molar-refractivity contribution in [3.05, 3.63) is 51.0 Å². The minimum Gasteiger partial charge on any atom is -0.324 e. The summed E-state index contributed by atoms with van der Waals surface area (Å²) in [5.74, 6) is -0.490. The van der Waals surface area contributed by atoms with E-state index in [0.717, 1.165) is 4.90 Å². The first kappa shape index (κ1) is 18.2. The Hall–Kier alpha value is -1.60. The highest BCUT2D eigenvalue weighted by Crippen LogP contribution is 2.36. The molecule has 9 heteroatoms. The van der Waals surface area contributed by atoms with Crippen molar-refractivity contribution in [2.24, 2.45) is 0 Å². The molecule has 1 aliphatic rings. The standard InChI is InChI=1S/C16H12Cl3N3O2S/c1-7-15(23)20-12-4-8(2-3-13(12)25-7)16(24)22-21-14-10(18)5-9(17)6-11(14)19/h2-7,21H,1H3,(H,20,23)(H,22,24). The average molecular weight is 417 g/mol. The summed E-state index contributed by atoms with van der Waals surface area (Å²) < 4.78 is 0. The summed E-state index contributed by atoms with van der Waals surface area (Å²) in [6, 6.07) is 8.12. The number of halogens is 3. The van der Waals surface area contributed by atoms with E-state index in [9.17, 15) is 9.59 Å². The molecule has 0 bridgehead atoms. The second kappa shape index (κ2) is 7.33. The van der Waals surface area contributed by atoms with Crippen LogP contribution >= 0.6 is 46.6 Å². The Kier molecular flexibility index (Phi) is 5.34. The van der Waals surface area contributed by atoms with E-state index in [0.29, 0.717) is 22.0 Å². The Labute approximate surface area is 163 Å². The van der Waals surface area contributed by atoms with Gasteiger partial charge in [-0.2, -0.15) is 0 Å². The highest BCUT2D eigenvalue weighted by molar-refractivity contribution is 8.00. The van der Waals surface area contributed by atoms with Gasteiger partial charge in [0.05, 0.1) is 26.7 Å². The third-order valence-corrected chi connectivity index (χ3v) is 5.47. The number of rotatable bonds is 3. The van der Waals surface area contributed by atoms with Crippen LogP contribution in [-0.4, -0.2) is 17.1 Å². The predicted molar refractivity (Wildman–Crippen MR) is 103 cm³/mol. The number of benzene rings is 2. The van der Waals surface area contributed by atoms with Crippen LogP contribution in [0.3, 0.4) is 0 Å². The summed E-state index contributed by atoms with van der Waals surface area (Å²) in [5, 5.41) is 3.57. The molecule has 0 saturated carbocycles. The molecular formula is C16H12Cl3N3O2S. The van der Waals surface area contributed by atoms with E-state index in [1.165, 1.54) is 23.9 Å². The quantitative estimate of drug-likeness (QED) is 0.626. The first-order chi connectivity index (χ1) is 11.8. The normalized spacial score (nSPS) is 16.0. The number of anilines is 2. The number of hydrazine groups is 1. The Bertz CT molecular complexity index is 853. The maximum Gasteiger partial charge on any atom is 0.269 e. The van der Waals surface area contributed by atoms with Crippen LogP contribution in [0.15, 0.2) is 35.2 Å².